The Morgan fingerprint density at radius 1 is 1.27 bits per heavy atom. The minimum atomic E-state index is 0. The third-order valence-corrected chi connectivity index (χ3v) is 5.95. The van der Waals surface area contributed by atoms with Crippen molar-refractivity contribution < 1.29 is 0 Å². The van der Waals surface area contributed by atoms with E-state index in [0.717, 1.165) is 68.3 Å². The number of guanidine groups is 1. The van der Waals surface area contributed by atoms with E-state index in [1.807, 2.05) is 13.1 Å². The first kappa shape index (κ1) is 24.8. The van der Waals surface area contributed by atoms with Crippen LogP contribution in [0.15, 0.2) is 28.7 Å². The number of piperazine rings is 1. The van der Waals surface area contributed by atoms with Gasteiger partial charge in [-0.15, -0.1) is 35.3 Å². The van der Waals surface area contributed by atoms with Gasteiger partial charge in [-0.05, 0) is 38.1 Å². The van der Waals surface area contributed by atoms with Crippen LogP contribution in [-0.4, -0.2) is 72.0 Å². The monoisotopic (exact) mass is 543 g/mol. The zero-order chi connectivity index (χ0) is 20.6. The number of aryl methyl sites for hydroxylation is 1. The maximum atomic E-state index is 4.85. The number of halogens is 1. The minimum Gasteiger partial charge on any atom is -0.357 e. The Kier molecular flexibility index (Phi) is 10.3. The minimum absolute atomic E-state index is 0. The normalized spacial score (nSPS) is 15.1. The Morgan fingerprint density at radius 2 is 2.03 bits per heavy atom. The molecule has 0 unspecified atom stereocenters. The van der Waals surface area contributed by atoms with Gasteiger partial charge in [0, 0.05) is 51.3 Å². The molecule has 1 aliphatic heterocycles. The van der Waals surface area contributed by atoms with Crippen LogP contribution in [0.1, 0.15) is 30.1 Å². The van der Waals surface area contributed by atoms with Crippen LogP contribution in [-0.2, 0) is 13.1 Å². The van der Waals surface area contributed by atoms with Gasteiger partial charge in [0.05, 0.1) is 23.8 Å². The van der Waals surface area contributed by atoms with Gasteiger partial charge in [-0.1, -0.05) is 6.92 Å². The van der Waals surface area contributed by atoms with Crippen molar-refractivity contribution in [3.8, 4) is 0 Å². The first-order valence-corrected chi connectivity index (χ1v) is 11.3. The van der Waals surface area contributed by atoms with E-state index >= 15 is 0 Å². The van der Waals surface area contributed by atoms with Crippen LogP contribution in [0, 0.1) is 6.92 Å². The van der Waals surface area contributed by atoms with E-state index in [1.165, 1.54) is 5.56 Å². The molecule has 0 radical (unpaired) electrons. The number of thiazole rings is 1. The molecule has 30 heavy (non-hydrogen) atoms. The number of nitrogens with zero attached hydrogens (tertiary/aromatic N) is 6. The summed E-state index contributed by atoms with van der Waals surface area (Å²) in [5.74, 6) is 1.96. The summed E-state index contributed by atoms with van der Waals surface area (Å²) in [5.41, 5.74) is 2.26. The van der Waals surface area contributed by atoms with Crippen molar-refractivity contribution in [2.75, 3.05) is 51.2 Å². The summed E-state index contributed by atoms with van der Waals surface area (Å²) in [6, 6.07) is 4.24. The van der Waals surface area contributed by atoms with Crippen LogP contribution in [0.2, 0.25) is 0 Å². The number of aromatic nitrogens is 2. The standard InChI is InChI=1S/C21H33N7S.HI/c1-5-22-21(26(4)15-19-16-29-17(3)25-19)24-14-18-7-8-23-20(13-18)28-11-9-27(6-2)10-12-28;/h7-8,13,16H,5-6,9-12,14-15H2,1-4H3,(H,22,24);1H. The Labute approximate surface area is 201 Å². The maximum absolute atomic E-state index is 4.85. The van der Waals surface area contributed by atoms with Crippen LogP contribution >= 0.6 is 35.3 Å². The molecule has 0 saturated carbocycles. The second-order valence-corrected chi connectivity index (χ2v) is 8.39. The molecule has 3 rings (SSSR count). The topological polar surface area (TPSA) is 59.9 Å². The van der Waals surface area contributed by atoms with E-state index in [9.17, 15) is 0 Å². The SMILES string of the molecule is CCNC(=NCc1ccnc(N2CCN(CC)CC2)c1)N(C)Cc1csc(C)n1.I. The van der Waals surface area contributed by atoms with Gasteiger partial charge in [-0.25, -0.2) is 15.0 Å². The number of hydrogen-bond donors (Lipinski definition) is 1. The number of nitrogens with one attached hydrogen (secondary N) is 1. The van der Waals surface area contributed by atoms with Crippen LogP contribution in [0.25, 0.3) is 0 Å². The predicted octanol–water partition coefficient (Wildman–Crippen LogP) is 3.20. The van der Waals surface area contributed by atoms with Crippen LogP contribution in [0.4, 0.5) is 5.82 Å². The van der Waals surface area contributed by atoms with Crippen LogP contribution in [0.3, 0.4) is 0 Å². The highest BCUT2D eigenvalue weighted by Gasteiger charge is 2.17. The third kappa shape index (κ3) is 7.05. The smallest absolute Gasteiger partial charge is 0.194 e. The summed E-state index contributed by atoms with van der Waals surface area (Å²) in [5, 5.41) is 6.60. The average Bonchev–Trinajstić information content (AvgIpc) is 3.15. The molecule has 9 heteroatoms. The van der Waals surface area contributed by atoms with Crippen LogP contribution < -0.4 is 10.2 Å². The Balaban J connectivity index is 0.00000320. The quantitative estimate of drug-likeness (QED) is 0.329. The molecule has 0 bridgehead atoms. The lowest BCUT2D eigenvalue weighted by atomic mass is 10.2. The van der Waals surface area contributed by atoms with E-state index in [-0.39, 0.29) is 24.0 Å². The van der Waals surface area contributed by atoms with E-state index in [1.54, 1.807) is 11.3 Å². The van der Waals surface area contributed by atoms with Crippen molar-refractivity contribution in [1.29, 1.82) is 0 Å². The van der Waals surface area contributed by atoms with Gasteiger partial charge in [0.1, 0.15) is 5.82 Å². The number of rotatable bonds is 7. The van der Waals surface area contributed by atoms with Gasteiger partial charge < -0.3 is 20.0 Å². The number of pyridine rings is 1. The van der Waals surface area contributed by atoms with Crippen molar-refractivity contribution >= 4 is 47.1 Å². The predicted molar refractivity (Wildman–Crippen MR) is 137 cm³/mol. The second-order valence-electron chi connectivity index (χ2n) is 7.33. The molecule has 0 spiro atoms. The third-order valence-electron chi connectivity index (χ3n) is 5.13. The fraction of sp³-hybridized carbons (Fsp3) is 0.571. The highest BCUT2D eigenvalue weighted by Crippen LogP contribution is 2.16. The molecule has 7 nitrogen and oxygen atoms in total. The molecule has 1 fully saturated rings. The van der Waals surface area contributed by atoms with Crippen molar-refractivity contribution in [3.05, 3.63) is 40.0 Å². The van der Waals surface area contributed by atoms with E-state index in [2.05, 4.69) is 68.4 Å². The van der Waals surface area contributed by atoms with Gasteiger partial charge in [0.2, 0.25) is 0 Å². The highest BCUT2D eigenvalue weighted by molar-refractivity contribution is 14.0. The average molecular weight is 544 g/mol. The molecule has 2 aromatic heterocycles. The Bertz CT molecular complexity index is 802. The lowest BCUT2D eigenvalue weighted by Crippen LogP contribution is -2.46. The molecule has 3 heterocycles. The Hall–Kier alpha value is -1.46. The lowest BCUT2D eigenvalue weighted by Gasteiger charge is -2.34. The van der Waals surface area contributed by atoms with Crippen molar-refractivity contribution in [2.45, 2.75) is 33.9 Å². The fourth-order valence-corrected chi connectivity index (χ4v) is 4.06. The number of likely N-dealkylation sites (N-methyl/N-ethyl adjacent to an activating group) is 1. The molecule has 1 aliphatic rings. The van der Waals surface area contributed by atoms with Crippen LogP contribution in [0.5, 0.6) is 0 Å². The van der Waals surface area contributed by atoms with E-state index < -0.39 is 0 Å². The lowest BCUT2D eigenvalue weighted by molar-refractivity contribution is 0.270. The summed E-state index contributed by atoms with van der Waals surface area (Å²) in [7, 11) is 2.06. The summed E-state index contributed by atoms with van der Waals surface area (Å²) in [6.45, 7) is 14.0. The fourth-order valence-electron chi connectivity index (χ4n) is 3.46. The molecular formula is C21H34IN7S. The zero-order valence-corrected chi connectivity index (χ0v) is 21.6. The first-order valence-electron chi connectivity index (χ1n) is 10.4. The molecular weight excluding hydrogens is 509 g/mol. The summed E-state index contributed by atoms with van der Waals surface area (Å²) < 4.78 is 0. The second kappa shape index (κ2) is 12.4. The van der Waals surface area contributed by atoms with Crippen molar-refractivity contribution in [2.24, 2.45) is 4.99 Å². The number of aliphatic imine (C=N–C) groups is 1. The van der Waals surface area contributed by atoms with E-state index in [4.69, 9.17) is 4.99 Å². The first-order chi connectivity index (χ1) is 14.1. The van der Waals surface area contributed by atoms with Crippen molar-refractivity contribution in [1.82, 2.24) is 25.1 Å². The van der Waals surface area contributed by atoms with Gasteiger partial charge in [0.25, 0.3) is 0 Å². The number of hydrogen-bond acceptors (Lipinski definition) is 6. The summed E-state index contributed by atoms with van der Waals surface area (Å²) in [6.07, 6.45) is 1.90. The molecule has 2 aromatic rings. The molecule has 0 aromatic carbocycles. The molecule has 0 atom stereocenters. The van der Waals surface area contributed by atoms with E-state index in [0.29, 0.717) is 6.54 Å². The summed E-state index contributed by atoms with van der Waals surface area (Å²) >= 11 is 1.69. The largest absolute Gasteiger partial charge is 0.357 e. The summed E-state index contributed by atoms with van der Waals surface area (Å²) in [4.78, 5) is 21.0. The molecule has 0 aliphatic carbocycles. The maximum Gasteiger partial charge on any atom is 0.194 e. The van der Waals surface area contributed by atoms with Crippen molar-refractivity contribution in [3.63, 3.8) is 0 Å². The highest BCUT2D eigenvalue weighted by atomic mass is 127. The van der Waals surface area contributed by atoms with Gasteiger partial charge in [0.15, 0.2) is 5.96 Å². The van der Waals surface area contributed by atoms with Gasteiger partial charge in [-0.3, -0.25) is 0 Å². The number of anilines is 1. The zero-order valence-electron chi connectivity index (χ0n) is 18.5. The van der Waals surface area contributed by atoms with Gasteiger partial charge >= 0.3 is 0 Å². The van der Waals surface area contributed by atoms with Gasteiger partial charge in [-0.2, -0.15) is 0 Å². The molecule has 1 saturated heterocycles. The Morgan fingerprint density at radius 3 is 2.67 bits per heavy atom. The molecule has 166 valence electrons. The molecule has 0 amide bonds. The molecule has 1 N–H and O–H groups in total.